The summed E-state index contributed by atoms with van der Waals surface area (Å²) in [5.74, 6) is 0. The number of unbranched alkanes of at least 4 members (excludes halogenated alkanes) is 4. The Morgan fingerprint density at radius 2 is 1.30 bits per heavy atom. The van der Waals surface area contributed by atoms with E-state index >= 15 is 0 Å². The molecule has 0 N–H and O–H groups in total. The largest absolute Gasteiger partial charge is 0.0654 e. The van der Waals surface area contributed by atoms with Crippen LogP contribution >= 0.6 is 7.92 Å². The number of rotatable bonds is 10. The third-order valence-electron chi connectivity index (χ3n) is 4.37. The van der Waals surface area contributed by atoms with Crippen LogP contribution in [-0.2, 0) is 6.42 Å². The lowest BCUT2D eigenvalue weighted by atomic mass is 10.1. The fourth-order valence-electron chi connectivity index (χ4n) is 2.94. The van der Waals surface area contributed by atoms with E-state index in [2.05, 4.69) is 68.4 Å². The third-order valence-corrected chi connectivity index (χ3v) is 6.98. The Hall–Kier alpha value is -1.13. The van der Waals surface area contributed by atoms with Gasteiger partial charge >= 0.3 is 0 Å². The van der Waals surface area contributed by atoms with Crippen LogP contribution in [0, 0.1) is 0 Å². The first-order chi connectivity index (χ1) is 11.3. The maximum atomic E-state index is 2.39. The Balaban J connectivity index is 2.09. The molecule has 0 heterocycles. The highest BCUT2D eigenvalue weighted by Gasteiger charge is 2.13. The molecule has 0 aliphatic rings. The van der Waals surface area contributed by atoms with Gasteiger partial charge in [-0.3, -0.25) is 0 Å². The second-order valence-corrected chi connectivity index (χ2v) is 8.65. The summed E-state index contributed by atoms with van der Waals surface area (Å²) in [6.45, 7) is 4.55. The van der Waals surface area contributed by atoms with Gasteiger partial charge in [-0.1, -0.05) is 94.1 Å². The molecular formula is C22H31P. The number of aryl methyl sites for hydroxylation is 1. The predicted molar refractivity (Wildman–Crippen MR) is 107 cm³/mol. The fraction of sp³-hybridized carbons (Fsp3) is 0.455. The minimum Gasteiger partial charge on any atom is -0.0654 e. The average molecular weight is 326 g/mol. The summed E-state index contributed by atoms with van der Waals surface area (Å²) in [6, 6.07) is 20.6. The van der Waals surface area contributed by atoms with Crippen LogP contribution in [0.15, 0.2) is 54.6 Å². The van der Waals surface area contributed by atoms with Crippen molar-refractivity contribution in [2.75, 3.05) is 6.16 Å². The van der Waals surface area contributed by atoms with Gasteiger partial charge in [0.1, 0.15) is 0 Å². The minimum absolute atomic E-state index is 0.193. The first-order valence-corrected chi connectivity index (χ1v) is 10.8. The Morgan fingerprint density at radius 1 is 0.652 bits per heavy atom. The van der Waals surface area contributed by atoms with Crippen molar-refractivity contribution in [3.63, 3.8) is 0 Å². The summed E-state index contributed by atoms with van der Waals surface area (Å²) in [4.78, 5) is 0. The number of benzene rings is 2. The van der Waals surface area contributed by atoms with Crippen LogP contribution in [0.25, 0.3) is 0 Å². The molecule has 1 heteroatoms. The van der Waals surface area contributed by atoms with Gasteiger partial charge in [0.05, 0.1) is 0 Å². The minimum atomic E-state index is -0.193. The second kappa shape index (κ2) is 10.6. The molecule has 0 aliphatic carbocycles. The first kappa shape index (κ1) is 18.2. The van der Waals surface area contributed by atoms with E-state index in [1.807, 2.05) is 0 Å². The summed E-state index contributed by atoms with van der Waals surface area (Å²) in [7, 11) is -0.193. The molecule has 0 saturated carbocycles. The van der Waals surface area contributed by atoms with Crippen LogP contribution < -0.4 is 10.6 Å². The van der Waals surface area contributed by atoms with Gasteiger partial charge in [0.25, 0.3) is 0 Å². The molecule has 1 atom stereocenters. The van der Waals surface area contributed by atoms with Crippen molar-refractivity contribution in [3.8, 4) is 0 Å². The lowest BCUT2D eigenvalue weighted by Crippen LogP contribution is -2.14. The highest BCUT2D eigenvalue weighted by Crippen LogP contribution is 2.35. The average Bonchev–Trinajstić information content (AvgIpc) is 2.61. The molecule has 0 fully saturated rings. The molecule has 0 amide bonds. The van der Waals surface area contributed by atoms with Gasteiger partial charge in [-0.05, 0) is 49.5 Å². The van der Waals surface area contributed by atoms with Crippen LogP contribution in [0.2, 0.25) is 0 Å². The van der Waals surface area contributed by atoms with Gasteiger partial charge in [0, 0.05) is 0 Å². The zero-order valence-corrected chi connectivity index (χ0v) is 15.7. The summed E-state index contributed by atoms with van der Waals surface area (Å²) in [5, 5.41) is 3.07. The summed E-state index contributed by atoms with van der Waals surface area (Å²) in [5.41, 5.74) is 1.49. The topological polar surface area (TPSA) is 0 Å². The quantitative estimate of drug-likeness (QED) is 0.369. The van der Waals surface area contributed by atoms with Crippen molar-refractivity contribution >= 4 is 18.5 Å². The number of hydrogen-bond donors (Lipinski definition) is 0. The molecule has 0 aliphatic heterocycles. The standard InChI is InChI=1S/C22H31P/c1-3-5-7-11-19-23(21-13-9-8-10-14-21)22-17-15-20(16-18-22)12-6-4-2/h8-10,13-18H,3-7,11-12,19H2,1-2H3. The Kier molecular flexibility index (Phi) is 8.40. The molecule has 0 bridgehead atoms. The van der Waals surface area contributed by atoms with Crippen LogP contribution in [0.5, 0.6) is 0 Å². The predicted octanol–water partition coefficient (Wildman–Crippen LogP) is 6.04. The highest BCUT2D eigenvalue weighted by molar-refractivity contribution is 7.73. The van der Waals surface area contributed by atoms with E-state index in [0.717, 1.165) is 0 Å². The molecule has 2 rings (SSSR count). The Labute approximate surface area is 144 Å². The molecule has 0 saturated heterocycles. The maximum Gasteiger partial charge on any atom is -0.0195 e. The molecular weight excluding hydrogens is 295 g/mol. The van der Waals surface area contributed by atoms with Gasteiger partial charge in [-0.2, -0.15) is 0 Å². The maximum absolute atomic E-state index is 2.39. The van der Waals surface area contributed by atoms with Crippen molar-refractivity contribution in [2.24, 2.45) is 0 Å². The van der Waals surface area contributed by atoms with Crippen molar-refractivity contribution in [1.82, 2.24) is 0 Å². The van der Waals surface area contributed by atoms with Crippen molar-refractivity contribution in [3.05, 3.63) is 60.2 Å². The van der Waals surface area contributed by atoms with Crippen LogP contribution in [-0.4, -0.2) is 6.16 Å². The van der Waals surface area contributed by atoms with Crippen LogP contribution in [0.1, 0.15) is 57.9 Å². The van der Waals surface area contributed by atoms with E-state index in [-0.39, 0.29) is 7.92 Å². The molecule has 0 nitrogen and oxygen atoms in total. The fourth-order valence-corrected chi connectivity index (χ4v) is 5.33. The van der Waals surface area contributed by atoms with Gasteiger partial charge in [0.2, 0.25) is 0 Å². The van der Waals surface area contributed by atoms with Crippen LogP contribution in [0.4, 0.5) is 0 Å². The van der Waals surface area contributed by atoms with Crippen LogP contribution in [0.3, 0.4) is 0 Å². The summed E-state index contributed by atoms with van der Waals surface area (Å²) >= 11 is 0. The van der Waals surface area contributed by atoms with Gasteiger partial charge in [-0.15, -0.1) is 0 Å². The van der Waals surface area contributed by atoms with Gasteiger partial charge in [0.15, 0.2) is 0 Å². The van der Waals surface area contributed by atoms with E-state index in [9.17, 15) is 0 Å². The first-order valence-electron chi connectivity index (χ1n) is 9.26. The van der Waals surface area contributed by atoms with Crippen molar-refractivity contribution < 1.29 is 0 Å². The number of hydrogen-bond acceptors (Lipinski definition) is 0. The van der Waals surface area contributed by atoms with Gasteiger partial charge < -0.3 is 0 Å². The second-order valence-electron chi connectivity index (χ2n) is 6.32. The lowest BCUT2D eigenvalue weighted by Gasteiger charge is -2.19. The SMILES string of the molecule is CCCCCCP(c1ccccc1)c1ccc(CCCC)cc1. The molecule has 124 valence electrons. The van der Waals surface area contributed by atoms with E-state index < -0.39 is 0 Å². The molecule has 2 aromatic rings. The van der Waals surface area contributed by atoms with E-state index in [1.165, 1.54) is 62.0 Å². The van der Waals surface area contributed by atoms with E-state index in [4.69, 9.17) is 0 Å². The van der Waals surface area contributed by atoms with Gasteiger partial charge in [-0.25, -0.2) is 0 Å². The zero-order valence-electron chi connectivity index (χ0n) is 14.8. The monoisotopic (exact) mass is 326 g/mol. The molecule has 0 spiro atoms. The highest BCUT2D eigenvalue weighted by atomic mass is 31.1. The van der Waals surface area contributed by atoms with Crippen molar-refractivity contribution in [1.29, 1.82) is 0 Å². The summed E-state index contributed by atoms with van der Waals surface area (Å²) < 4.78 is 0. The molecule has 23 heavy (non-hydrogen) atoms. The lowest BCUT2D eigenvalue weighted by molar-refractivity contribution is 0.705. The summed E-state index contributed by atoms with van der Waals surface area (Å²) in [6.07, 6.45) is 10.5. The zero-order chi connectivity index (χ0) is 16.3. The van der Waals surface area contributed by atoms with E-state index in [1.54, 1.807) is 5.30 Å². The molecule has 0 aromatic heterocycles. The van der Waals surface area contributed by atoms with Crippen molar-refractivity contribution in [2.45, 2.75) is 58.8 Å². The molecule has 0 radical (unpaired) electrons. The Bertz CT molecular complexity index is 530. The third kappa shape index (κ3) is 6.11. The van der Waals surface area contributed by atoms with E-state index in [0.29, 0.717) is 0 Å². The smallest absolute Gasteiger partial charge is 0.0195 e. The normalized spacial score (nSPS) is 12.3. The Morgan fingerprint density at radius 3 is 1.96 bits per heavy atom. The molecule has 1 unspecified atom stereocenters. The molecule has 2 aromatic carbocycles.